The second-order valence-corrected chi connectivity index (χ2v) is 9.58. The normalized spacial score (nSPS) is 11.1. The van der Waals surface area contributed by atoms with Gasteiger partial charge >= 0.3 is 5.97 Å². The first-order chi connectivity index (χ1) is 16.9. The number of methoxy groups -OCH3 is 1. The number of nitrogens with zero attached hydrogens (tertiary/aromatic N) is 2. The van der Waals surface area contributed by atoms with Crippen molar-refractivity contribution in [3.8, 4) is 21.9 Å². The number of aromatic carboxylic acids is 1. The Morgan fingerprint density at radius 3 is 2.57 bits per heavy atom. The number of aryl methyl sites for hydroxylation is 3. The van der Waals surface area contributed by atoms with Crippen LogP contribution < -0.4 is 10.1 Å². The Bertz CT molecular complexity index is 1580. The van der Waals surface area contributed by atoms with Crippen LogP contribution in [-0.4, -0.2) is 28.0 Å². The molecule has 0 unspecified atom stereocenters. The minimum absolute atomic E-state index is 0.123. The topological polar surface area (TPSA) is 76.4 Å². The summed E-state index contributed by atoms with van der Waals surface area (Å²) < 4.78 is 8.32. The molecule has 2 aromatic heterocycles. The molecule has 0 aliphatic rings. The lowest BCUT2D eigenvalue weighted by Gasteiger charge is -2.15. The van der Waals surface area contributed by atoms with Crippen molar-refractivity contribution in [3.63, 3.8) is 0 Å². The Labute approximate surface area is 207 Å². The number of carbonyl (C=O) groups is 1. The van der Waals surface area contributed by atoms with Gasteiger partial charge in [0.1, 0.15) is 11.6 Å². The third kappa shape index (κ3) is 4.15. The highest BCUT2D eigenvalue weighted by Crippen LogP contribution is 2.42. The second kappa shape index (κ2) is 8.92. The molecular formula is C28H25N3O3S. The zero-order chi connectivity index (χ0) is 24.7. The van der Waals surface area contributed by atoms with Gasteiger partial charge in [0.15, 0.2) is 0 Å². The average molecular weight is 484 g/mol. The van der Waals surface area contributed by atoms with Crippen molar-refractivity contribution in [2.75, 3.05) is 12.4 Å². The third-order valence-corrected chi connectivity index (χ3v) is 7.15. The van der Waals surface area contributed by atoms with Crippen molar-refractivity contribution >= 4 is 38.9 Å². The molecule has 5 aromatic rings. The largest absolute Gasteiger partial charge is 0.497 e. The quantitative estimate of drug-likeness (QED) is 0.269. The van der Waals surface area contributed by atoms with Gasteiger partial charge in [0, 0.05) is 9.58 Å². The lowest BCUT2D eigenvalue weighted by Crippen LogP contribution is -2.08. The van der Waals surface area contributed by atoms with Crippen LogP contribution in [-0.2, 0) is 0 Å². The fourth-order valence-electron chi connectivity index (χ4n) is 4.24. The average Bonchev–Trinajstić information content (AvgIpc) is 3.39. The highest BCUT2D eigenvalue weighted by Gasteiger charge is 2.23. The molecule has 6 nitrogen and oxygen atoms in total. The number of anilines is 2. The molecule has 7 heteroatoms. The van der Waals surface area contributed by atoms with Gasteiger partial charge in [-0.25, -0.2) is 9.48 Å². The van der Waals surface area contributed by atoms with Crippen molar-refractivity contribution < 1.29 is 14.6 Å². The van der Waals surface area contributed by atoms with Crippen LogP contribution in [0, 0.1) is 20.8 Å². The van der Waals surface area contributed by atoms with E-state index in [0.717, 1.165) is 27.4 Å². The molecule has 3 aromatic carbocycles. The van der Waals surface area contributed by atoms with E-state index in [1.54, 1.807) is 23.5 Å². The maximum atomic E-state index is 12.1. The van der Waals surface area contributed by atoms with E-state index in [9.17, 15) is 9.90 Å². The summed E-state index contributed by atoms with van der Waals surface area (Å²) in [5.74, 6) is 0.161. The summed E-state index contributed by atoms with van der Waals surface area (Å²) in [6.45, 7) is 6.11. The SMILES string of the molecule is COc1ccc(Nc2c(-c3cc4ccc(C)cc4s3)c(C)nn2-c2ccccc2C)c(C(=O)O)c1. The number of rotatable bonds is 6. The molecule has 0 fully saturated rings. The fourth-order valence-corrected chi connectivity index (χ4v) is 5.50. The molecule has 0 bridgehead atoms. The van der Waals surface area contributed by atoms with E-state index in [4.69, 9.17) is 9.84 Å². The molecule has 0 saturated carbocycles. The number of hydrogen-bond donors (Lipinski definition) is 2. The number of hydrogen-bond acceptors (Lipinski definition) is 5. The van der Waals surface area contributed by atoms with Gasteiger partial charge in [-0.1, -0.05) is 30.3 Å². The number of aromatic nitrogens is 2. The Balaban J connectivity index is 1.75. The van der Waals surface area contributed by atoms with E-state index in [1.165, 1.54) is 28.8 Å². The fraction of sp³-hybridized carbons (Fsp3) is 0.143. The number of thiophene rings is 1. The number of para-hydroxylation sites is 1. The summed E-state index contributed by atoms with van der Waals surface area (Å²) in [4.78, 5) is 13.1. The number of carboxylic acid groups (broad SMARTS) is 1. The van der Waals surface area contributed by atoms with Gasteiger partial charge in [0.05, 0.1) is 35.3 Å². The van der Waals surface area contributed by atoms with Gasteiger partial charge in [0.2, 0.25) is 0 Å². The van der Waals surface area contributed by atoms with E-state index in [0.29, 0.717) is 17.3 Å². The van der Waals surface area contributed by atoms with Crippen LogP contribution in [0.5, 0.6) is 5.75 Å². The summed E-state index contributed by atoms with van der Waals surface area (Å²) in [5, 5.41) is 19.4. The zero-order valence-corrected chi connectivity index (χ0v) is 20.7. The number of fused-ring (bicyclic) bond motifs is 1. The van der Waals surface area contributed by atoms with E-state index >= 15 is 0 Å². The minimum Gasteiger partial charge on any atom is -0.497 e. The molecule has 0 atom stereocenters. The molecule has 5 rings (SSSR count). The Morgan fingerprint density at radius 1 is 1.03 bits per heavy atom. The Kier molecular flexibility index (Phi) is 5.78. The summed E-state index contributed by atoms with van der Waals surface area (Å²) >= 11 is 1.70. The van der Waals surface area contributed by atoms with Crippen molar-refractivity contribution in [3.05, 3.63) is 89.1 Å². The first-order valence-corrected chi connectivity index (χ1v) is 12.0. The van der Waals surface area contributed by atoms with Crippen molar-refractivity contribution in [1.82, 2.24) is 9.78 Å². The number of nitrogens with one attached hydrogen (secondary N) is 1. The van der Waals surface area contributed by atoms with Crippen LogP contribution in [0.1, 0.15) is 27.2 Å². The van der Waals surface area contributed by atoms with Crippen molar-refractivity contribution in [1.29, 1.82) is 0 Å². The predicted octanol–water partition coefficient (Wildman–Crippen LogP) is 7.13. The molecule has 2 heterocycles. The number of benzene rings is 3. The highest BCUT2D eigenvalue weighted by atomic mass is 32.1. The van der Waals surface area contributed by atoms with Gasteiger partial charge in [-0.05, 0) is 73.7 Å². The number of ether oxygens (including phenoxy) is 1. The minimum atomic E-state index is -1.04. The molecule has 2 N–H and O–H groups in total. The molecule has 0 amide bonds. The van der Waals surface area contributed by atoms with Crippen LogP contribution in [0.25, 0.3) is 26.2 Å². The lowest BCUT2D eigenvalue weighted by atomic mass is 10.1. The van der Waals surface area contributed by atoms with E-state index in [1.807, 2.05) is 42.8 Å². The van der Waals surface area contributed by atoms with E-state index in [2.05, 4.69) is 36.5 Å². The van der Waals surface area contributed by atoms with E-state index < -0.39 is 5.97 Å². The third-order valence-electron chi connectivity index (χ3n) is 6.04. The molecule has 0 aliphatic heterocycles. The standard InChI is InChI=1S/C28H25N3O3S/c1-16-9-10-19-14-25(35-24(19)13-16)26-18(3)30-31(23-8-6-5-7-17(23)2)27(26)29-22-12-11-20(34-4)15-21(22)28(32)33/h5-15,29H,1-4H3,(H,32,33). The maximum Gasteiger partial charge on any atom is 0.337 e. The highest BCUT2D eigenvalue weighted by molar-refractivity contribution is 7.22. The Morgan fingerprint density at radius 2 is 1.83 bits per heavy atom. The monoisotopic (exact) mass is 483 g/mol. The summed E-state index contributed by atoms with van der Waals surface area (Å²) in [6, 6.07) is 21.6. The van der Waals surface area contributed by atoms with Crippen LogP contribution in [0.2, 0.25) is 0 Å². The lowest BCUT2D eigenvalue weighted by molar-refractivity contribution is 0.0697. The van der Waals surface area contributed by atoms with Crippen LogP contribution in [0.15, 0.2) is 66.7 Å². The molecule has 35 heavy (non-hydrogen) atoms. The first-order valence-electron chi connectivity index (χ1n) is 11.2. The van der Waals surface area contributed by atoms with Crippen LogP contribution >= 0.6 is 11.3 Å². The van der Waals surface area contributed by atoms with Gasteiger partial charge < -0.3 is 15.2 Å². The van der Waals surface area contributed by atoms with Gasteiger partial charge in [-0.3, -0.25) is 0 Å². The molecule has 176 valence electrons. The van der Waals surface area contributed by atoms with E-state index in [-0.39, 0.29) is 5.56 Å². The first kappa shape index (κ1) is 22.7. The molecular weight excluding hydrogens is 458 g/mol. The molecule has 0 spiro atoms. The Hall–Kier alpha value is -4.10. The summed E-state index contributed by atoms with van der Waals surface area (Å²) in [6.07, 6.45) is 0. The summed E-state index contributed by atoms with van der Waals surface area (Å²) in [5.41, 5.74) is 5.57. The van der Waals surface area contributed by atoms with Crippen molar-refractivity contribution in [2.24, 2.45) is 0 Å². The van der Waals surface area contributed by atoms with Crippen molar-refractivity contribution in [2.45, 2.75) is 20.8 Å². The zero-order valence-electron chi connectivity index (χ0n) is 19.9. The summed E-state index contributed by atoms with van der Waals surface area (Å²) in [7, 11) is 1.52. The molecule has 0 radical (unpaired) electrons. The van der Waals surface area contributed by atoms with Gasteiger partial charge in [0.25, 0.3) is 0 Å². The maximum absolute atomic E-state index is 12.1. The molecule has 0 saturated heterocycles. The van der Waals surface area contributed by atoms with Gasteiger partial charge in [-0.15, -0.1) is 11.3 Å². The molecule has 0 aliphatic carbocycles. The predicted molar refractivity (Wildman–Crippen MR) is 142 cm³/mol. The van der Waals surface area contributed by atoms with Crippen LogP contribution in [0.4, 0.5) is 11.5 Å². The second-order valence-electron chi connectivity index (χ2n) is 8.50. The smallest absolute Gasteiger partial charge is 0.337 e. The number of carboxylic acids is 1. The van der Waals surface area contributed by atoms with Crippen LogP contribution in [0.3, 0.4) is 0 Å². The van der Waals surface area contributed by atoms with Gasteiger partial charge in [-0.2, -0.15) is 5.10 Å².